The predicted octanol–water partition coefficient (Wildman–Crippen LogP) is 10.5. The average molecular weight is 775 g/mol. The molecule has 0 aliphatic rings. The third-order valence-corrected chi connectivity index (χ3v) is 8.60. The molecular formula is C36H27Br2ClN4O4. The summed E-state index contributed by atoms with van der Waals surface area (Å²) in [6.07, 6.45) is 3.84. The summed E-state index contributed by atoms with van der Waals surface area (Å²) in [5, 5.41) is 2.04. The number of hydrogen-bond acceptors (Lipinski definition) is 4. The van der Waals surface area contributed by atoms with E-state index in [-0.39, 0.29) is 11.9 Å². The van der Waals surface area contributed by atoms with Crippen molar-refractivity contribution in [2.45, 2.75) is 12.4 Å². The van der Waals surface area contributed by atoms with Crippen LogP contribution in [0, 0.1) is 13.1 Å². The van der Waals surface area contributed by atoms with Gasteiger partial charge in [-0.15, -0.1) is 11.6 Å². The largest absolute Gasteiger partial charge is 0.465 e. The lowest BCUT2D eigenvalue weighted by Crippen LogP contribution is -2.08. The first-order valence-electron chi connectivity index (χ1n) is 13.9. The molecule has 0 fully saturated rings. The van der Waals surface area contributed by atoms with Crippen LogP contribution >= 0.6 is 43.5 Å². The second-order valence-electron chi connectivity index (χ2n) is 9.83. The van der Waals surface area contributed by atoms with Crippen LogP contribution in [-0.2, 0) is 21.9 Å². The third kappa shape index (κ3) is 8.49. The summed E-state index contributed by atoms with van der Waals surface area (Å²) < 4.78 is 13.4. The number of methoxy groups -OCH3 is 2. The summed E-state index contributed by atoms with van der Waals surface area (Å²) in [5.74, 6) is -0.358. The molecule has 0 unspecified atom stereocenters. The summed E-state index contributed by atoms with van der Waals surface area (Å²) in [6, 6.07) is 25.7. The van der Waals surface area contributed by atoms with E-state index in [4.69, 9.17) is 29.5 Å². The first kappa shape index (κ1) is 35.0. The van der Waals surface area contributed by atoms with E-state index in [0.717, 1.165) is 41.9 Å². The maximum Gasteiger partial charge on any atom is 0.338 e. The molecule has 8 nitrogen and oxygen atoms in total. The number of nitrogens with one attached hydrogen (secondary N) is 1. The highest BCUT2D eigenvalue weighted by Gasteiger charge is 2.14. The Kier molecular flexibility index (Phi) is 12.4. The van der Waals surface area contributed by atoms with Crippen molar-refractivity contribution in [1.29, 1.82) is 0 Å². The minimum atomic E-state index is -0.341. The molecule has 47 heavy (non-hydrogen) atoms. The zero-order valence-electron chi connectivity index (χ0n) is 25.3. The lowest BCUT2D eigenvalue weighted by Gasteiger charge is -2.10. The SMILES string of the molecule is COC(=O)c1ccccc1CCl.[C-]#[N+]c1ccc2[nH]cc(Br)c2c1.[C-]#[N+]c1ccc2c(c1)c(Br)cn2Cc1ccccc1C(=O)OC. The van der Waals surface area contributed by atoms with Gasteiger partial charge in [0.2, 0.25) is 0 Å². The van der Waals surface area contributed by atoms with Crippen LogP contribution in [0.15, 0.2) is 106 Å². The van der Waals surface area contributed by atoms with Crippen molar-refractivity contribution in [3.8, 4) is 0 Å². The van der Waals surface area contributed by atoms with E-state index in [9.17, 15) is 9.59 Å². The van der Waals surface area contributed by atoms with E-state index in [0.29, 0.717) is 34.9 Å². The number of H-pyrrole nitrogens is 1. The van der Waals surface area contributed by atoms with Gasteiger partial charge in [-0.3, -0.25) is 0 Å². The fourth-order valence-electron chi connectivity index (χ4n) is 4.68. The van der Waals surface area contributed by atoms with Gasteiger partial charge < -0.3 is 19.0 Å². The minimum Gasteiger partial charge on any atom is -0.465 e. The summed E-state index contributed by atoms with van der Waals surface area (Å²) in [7, 11) is 2.74. The smallest absolute Gasteiger partial charge is 0.338 e. The van der Waals surface area contributed by atoms with Gasteiger partial charge in [-0.1, -0.05) is 48.5 Å². The second kappa shape index (κ2) is 16.6. The first-order chi connectivity index (χ1) is 22.7. The Bertz CT molecular complexity index is 2140. The van der Waals surface area contributed by atoms with Crippen molar-refractivity contribution < 1.29 is 19.1 Å². The summed E-state index contributed by atoms with van der Waals surface area (Å²) >= 11 is 12.6. The Morgan fingerprint density at radius 3 is 1.94 bits per heavy atom. The molecule has 2 aromatic heterocycles. The molecule has 236 valence electrons. The van der Waals surface area contributed by atoms with Crippen LogP contribution in [0.1, 0.15) is 31.8 Å². The molecule has 6 aromatic rings. The summed E-state index contributed by atoms with van der Waals surface area (Å²) in [6.45, 7) is 14.5. The molecule has 0 saturated heterocycles. The molecule has 6 rings (SSSR count). The number of hydrogen-bond donors (Lipinski definition) is 1. The summed E-state index contributed by atoms with van der Waals surface area (Å²) in [5.41, 5.74) is 6.11. The van der Waals surface area contributed by atoms with E-state index >= 15 is 0 Å². The van der Waals surface area contributed by atoms with Gasteiger partial charge in [0.05, 0.1) is 38.5 Å². The van der Waals surface area contributed by atoms with Crippen LogP contribution in [0.4, 0.5) is 11.4 Å². The number of carbonyl (C=O) groups excluding carboxylic acids is 2. The number of ether oxygens (including phenoxy) is 2. The molecule has 0 atom stereocenters. The number of carbonyl (C=O) groups is 2. The summed E-state index contributed by atoms with van der Waals surface area (Å²) in [4.78, 5) is 32.9. The van der Waals surface area contributed by atoms with Crippen molar-refractivity contribution >= 4 is 88.6 Å². The highest BCUT2D eigenvalue weighted by atomic mass is 79.9. The predicted molar refractivity (Wildman–Crippen MR) is 192 cm³/mol. The highest BCUT2D eigenvalue weighted by Crippen LogP contribution is 2.31. The van der Waals surface area contributed by atoms with Gasteiger partial charge in [-0.25, -0.2) is 19.3 Å². The van der Waals surface area contributed by atoms with Gasteiger partial charge in [-0.2, -0.15) is 0 Å². The number of halogens is 3. The van der Waals surface area contributed by atoms with Crippen molar-refractivity contribution in [1.82, 2.24) is 9.55 Å². The second-order valence-corrected chi connectivity index (χ2v) is 11.8. The molecule has 0 bridgehead atoms. The topological polar surface area (TPSA) is 82.0 Å². The van der Waals surface area contributed by atoms with E-state index in [1.165, 1.54) is 14.2 Å². The molecule has 0 spiro atoms. The third-order valence-electron chi connectivity index (χ3n) is 7.02. The van der Waals surface area contributed by atoms with E-state index in [1.807, 2.05) is 60.9 Å². The fourth-order valence-corrected chi connectivity index (χ4v) is 5.92. The molecule has 0 radical (unpaired) electrons. The van der Waals surface area contributed by atoms with Crippen LogP contribution in [-0.4, -0.2) is 35.7 Å². The molecule has 2 heterocycles. The van der Waals surface area contributed by atoms with Crippen molar-refractivity contribution in [3.63, 3.8) is 0 Å². The number of fused-ring (bicyclic) bond motifs is 2. The molecule has 0 amide bonds. The molecule has 0 aliphatic heterocycles. The van der Waals surface area contributed by atoms with E-state index in [1.54, 1.807) is 36.4 Å². The number of aromatic amines is 1. The van der Waals surface area contributed by atoms with Crippen LogP contribution < -0.4 is 0 Å². The molecule has 1 N–H and O–H groups in total. The molecule has 11 heteroatoms. The Morgan fingerprint density at radius 2 is 1.34 bits per heavy atom. The molecule has 0 saturated carbocycles. The Hall–Kier alpha value is -4.87. The van der Waals surface area contributed by atoms with Crippen LogP contribution in [0.3, 0.4) is 0 Å². The quantitative estimate of drug-likeness (QED) is 0.107. The van der Waals surface area contributed by atoms with Gasteiger partial charge >= 0.3 is 11.9 Å². The number of esters is 2. The van der Waals surface area contributed by atoms with Gasteiger partial charge in [0.1, 0.15) is 0 Å². The van der Waals surface area contributed by atoms with Crippen molar-refractivity contribution in [2.75, 3.05) is 14.2 Å². The standard InChI is InChI=1S/C18H13BrN2O2.C9H5BrN2.C9H9ClO2/c1-20-13-7-8-17-15(9-13)16(19)11-21(17)10-12-5-3-4-6-14(12)18(22)23-2;1-11-6-2-3-9-7(4-6)8(10)5-12-9;1-12-9(11)8-5-3-2-4-7(8)6-10/h3-9,11H,10H2,2H3;2-5,12H;2-5H,6H2,1H3. The Balaban J connectivity index is 0.000000176. The Labute approximate surface area is 293 Å². The number of aromatic nitrogens is 2. The fraction of sp³-hybridized carbons (Fsp3) is 0.111. The normalized spacial score (nSPS) is 10.1. The maximum absolute atomic E-state index is 11.9. The van der Waals surface area contributed by atoms with Crippen molar-refractivity contribution in [2.24, 2.45) is 0 Å². The van der Waals surface area contributed by atoms with Gasteiger partial charge in [-0.05, 0) is 79.4 Å². The molecular weight excluding hydrogens is 748 g/mol. The number of benzene rings is 4. The van der Waals surface area contributed by atoms with E-state index in [2.05, 4.69) is 55.8 Å². The monoisotopic (exact) mass is 772 g/mol. The van der Waals surface area contributed by atoms with Gasteiger partial charge in [0.15, 0.2) is 11.4 Å². The number of rotatable bonds is 5. The minimum absolute atomic E-state index is 0.325. The maximum atomic E-state index is 11.9. The lowest BCUT2D eigenvalue weighted by atomic mass is 10.1. The van der Waals surface area contributed by atoms with Crippen LogP contribution in [0.2, 0.25) is 0 Å². The Morgan fingerprint density at radius 1 is 0.787 bits per heavy atom. The van der Waals surface area contributed by atoms with Crippen molar-refractivity contribution in [3.05, 3.63) is 151 Å². The highest BCUT2D eigenvalue weighted by molar-refractivity contribution is 9.11. The van der Waals surface area contributed by atoms with Gasteiger partial charge in [0.25, 0.3) is 0 Å². The number of alkyl halides is 1. The first-order valence-corrected chi connectivity index (χ1v) is 16.0. The van der Waals surface area contributed by atoms with Crippen LogP contribution in [0.25, 0.3) is 31.5 Å². The zero-order chi connectivity index (χ0) is 33.9. The average Bonchev–Trinajstić information content (AvgIpc) is 3.65. The lowest BCUT2D eigenvalue weighted by molar-refractivity contribution is 0.0590. The van der Waals surface area contributed by atoms with Crippen LogP contribution in [0.5, 0.6) is 0 Å². The van der Waals surface area contributed by atoms with Gasteiger partial charge in [0, 0.05) is 55.6 Å². The zero-order valence-corrected chi connectivity index (χ0v) is 29.2. The molecule has 4 aromatic carbocycles. The van der Waals surface area contributed by atoms with E-state index < -0.39 is 0 Å². The molecule has 0 aliphatic carbocycles. The number of nitrogens with zero attached hydrogens (tertiary/aromatic N) is 3.